The smallest absolute Gasteiger partial charge is 0.265 e. The van der Waals surface area contributed by atoms with Crippen molar-refractivity contribution in [1.82, 2.24) is 4.90 Å². The molecule has 0 saturated carbocycles. The van der Waals surface area contributed by atoms with Gasteiger partial charge in [-0.15, -0.1) is 0 Å². The van der Waals surface area contributed by atoms with Crippen molar-refractivity contribution in [2.24, 2.45) is 0 Å². The van der Waals surface area contributed by atoms with Gasteiger partial charge in [-0.05, 0) is 57.7 Å². The number of likely N-dealkylation sites (tertiary alicyclic amines) is 1. The minimum atomic E-state index is -0.159. The van der Waals surface area contributed by atoms with Crippen LogP contribution in [-0.2, 0) is 9.59 Å². The first-order valence-electron chi connectivity index (χ1n) is 8.32. The van der Waals surface area contributed by atoms with Crippen molar-refractivity contribution in [1.29, 1.82) is 0 Å². The van der Waals surface area contributed by atoms with Gasteiger partial charge in [-0.2, -0.15) is 0 Å². The molecular formula is C18H24N2O3. The molecule has 2 amide bonds. The standard InChI is InChI=1S/C18H24N2O3/c1-12-7-8-16-15(9-12)19(18(22)11-23-16)10-17(21)20-13(2)5-4-6-14(20)3/h7-9,13-14H,4-6,10-11H2,1-3H3. The second kappa shape index (κ2) is 6.22. The molecule has 2 aliphatic heterocycles. The van der Waals surface area contributed by atoms with Gasteiger partial charge in [-0.1, -0.05) is 6.07 Å². The topological polar surface area (TPSA) is 49.9 Å². The third-order valence-electron chi connectivity index (χ3n) is 4.83. The number of amides is 2. The molecule has 2 unspecified atom stereocenters. The van der Waals surface area contributed by atoms with Crippen LogP contribution in [0.3, 0.4) is 0 Å². The predicted molar refractivity (Wildman–Crippen MR) is 88.6 cm³/mol. The summed E-state index contributed by atoms with van der Waals surface area (Å²) in [5.74, 6) is 0.531. The molecule has 124 valence electrons. The van der Waals surface area contributed by atoms with E-state index >= 15 is 0 Å². The van der Waals surface area contributed by atoms with Crippen LogP contribution in [0.4, 0.5) is 5.69 Å². The van der Waals surface area contributed by atoms with Gasteiger partial charge in [0, 0.05) is 12.1 Å². The van der Waals surface area contributed by atoms with Crippen molar-refractivity contribution in [3.8, 4) is 5.75 Å². The summed E-state index contributed by atoms with van der Waals surface area (Å²) in [7, 11) is 0. The van der Waals surface area contributed by atoms with Gasteiger partial charge in [0.1, 0.15) is 12.3 Å². The average Bonchev–Trinajstić information content (AvgIpc) is 2.50. The number of carbonyl (C=O) groups excluding carboxylic acids is 2. The van der Waals surface area contributed by atoms with Gasteiger partial charge in [0.05, 0.1) is 5.69 Å². The maximum atomic E-state index is 12.8. The lowest BCUT2D eigenvalue weighted by Gasteiger charge is -2.40. The van der Waals surface area contributed by atoms with Crippen LogP contribution in [-0.4, -0.2) is 41.9 Å². The van der Waals surface area contributed by atoms with E-state index in [4.69, 9.17) is 4.74 Å². The Labute approximate surface area is 137 Å². The van der Waals surface area contributed by atoms with Crippen molar-refractivity contribution in [3.63, 3.8) is 0 Å². The SMILES string of the molecule is Cc1ccc2c(c1)N(CC(=O)N1C(C)CCCC1C)C(=O)CO2. The molecule has 3 rings (SSSR count). The van der Waals surface area contributed by atoms with Crippen molar-refractivity contribution in [2.75, 3.05) is 18.1 Å². The molecule has 0 N–H and O–H groups in total. The lowest BCUT2D eigenvalue weighted by molar-refractivity contribution is -0.137. The van der Waals surface area contributed by atoms with Crippen molar-refractivity contribution in [3.05, 3.63) is 23.8 Å². The molecule has 2 atom stereocenters. The fourth-order valence-electron chi connectivity index (χ4n) is 3.62. The predicted octanol–water partition coefficient (Wildman–Crippen LogP) is 2.51. The second-order valence-corrected chi connectivity index (χ2v) is 6.67. The average molecular weight is 316 g/mol. The normalized spacial score (nSPS) is 24.2. The first kappa shape index (κ1) is 15.8. The number of hydrogen-bond acceptors (Lipinski definition) is 3. The molecule has 0 aromatic heterocycles. The number of ether oxygens (including phenoxy) is 1. The third kappa shape index (κ3) is 3.05. The minimum absolute atomic E-state index is 0.00551. The molecule has 5 heteroatoms. The zero-order chi connectivity index (χ0) is 16.6. The number of hydrogen-bond donors (Lipinski definition) is 0. The maximum Gasteiger partial charge on any atom is 0.265 e. The van der Waals surface area contributed by atoms with Crippen LogP contribution in [0.1, 0.15) is 38.7 Å². The number of nitrogens with zero attached hydrogens (tertiary/aromatic N) is 2. The summed E-state index contributed by atoms with van der Waals surface area (Å²) < 4.78 is 5.47. The summed E-state index contributed by atoms with van der Waals surface area (Å²) >= 11 is 0. The van der Waals surface area contributed by atoms with E-state index in [2.05, 4.69) is 13.8 Å². The van der Waals surface area contributed by atoms with E-state index in [9.17, 15) is 9.59 Å². The third-order valence-corrected chi connectivity index (χ3v) is 4.83. The Kier molecular flexibility index (Phi) is 4.28. The Morgan fingerprint density at radius 1 is 1.26 bits per heavy atom. The molecule has 0 aliphatic carbocycles. The van der Waals surface area contributed by atoms with Gasteiger partial charge in [0.15, 0.2) is 6.61 Å². The largest absolute Gasteiger partial charge is 0.482 e. The summed E-state index contributed by atoms with van der Waals surface area (Å²) in [6.45, 7) is 6.23. The van der Waals surface area contributed by atoms with E-state index in [1.54, 1.807) is 4.90 Å². The van der Waals surface area contributed by atoms with Crippen LogP contribution in [0.2, 0.25) is 0 Å². The monoisotopic (exact) mass is 316 g/mol. The van der Waals surface area contributed by atoms with Crippen LogP contribution in [0.15, 0.2) is 18.2 Å². The highest BCUT2D eigenvalue weighted by atomic mass is 16.5. The maximum absolute atomic E-state index is 12.8. The Hall–Kier alpha value is -2.04. The molecule has 0 bridgehead atoms. The van der Waals surface area contributed by atoms with E-state index in [-0.39, 0.29) is 37.0 Å². The first-order valence-corrected chi connectivity index (χ1v) is 8.32. The Morgan fingerprint density at radius 2 is 1.96 bits per heavy atom. The summed E-state index contributed by atoms with van der Waals surface area (Å²) in [5.41, 5.74) is 1.74. The van der Waals surface area contributed by atoms with Gasteiger partial charge in [0.25, 0.3) is 5.91 Å². The van der Waals surface area contributed by atoms with E-state index in [0.29, 0.717) is 11.4 Å². The molecule has 1 aromatic carbocycles. The van der Waals surface area contributed by atoms with Crippen molar-refractivity contribution < 1.29 is 14.3 Å². The molecule has 1 saturated heterocycles. The molecule has 0 spiro atoms. The van der Waals surface area contributed by atoms with Crippen LogP contribution in [0, 0.1) is 6.92 Å². The number of anilines is 1. The number of carbonyl (C=O) groups is 2. The quantitative estimate of drug-likeness (QED) is 0.842. The van der Waals surface area contributed by atoms with Crippen molar-refractivity contribution in [2.45, 2.75) is 52.1 Å². The number of benzene rings is 1. The highest BCUT2D eigenvalue weighted by Gasteiger charge is 2.33. The number of piperidine rings is 1. The lowest BCUT2D eigenvalue weighted by atomic mass is 9.97. The summed E-state index contributed by atoms with van der Waals surface area (Å²) in [6, 6.07) is 6.19. The molecule has 2 aliphatic rings. The fourth-order valence-corrected chi connectivity index (χ4v) is 3.62. The molecule has 0 radical (unpaired) electrons. The number of rotatable bonds is 2. The lowest BCUT2D eigenvalue weighted by Crippen LogP contribution is -2.53. The summed E-state index contributed by atoms with van der Waals surface area (Å²) in [4.78, 5) is 28.6. The van der Waals surface area contributed by atoms with Crippen LogP contribution >= 0.6 is 0 Å². The molecule has 23 heavy (non-hydrogen) atoms. The molecular weight excluding hydrogens is 292 g/mol. The van der Waals surface area contributed by atoms with Gasteiger partial charge >= 0.3 is 0 Å². The molecule has 2 heterocycles. The molecule has 1 fully saturated rings. The number of fused-ring (bicyclic) bond motifs is 1. The van der Waals surface area contributed by atoms with Crippen LogP contribution in [0.25, 0.3) is 0 Å². The highest BCUT2D eigenvalue weighted by Crippen LogP contribution is 2.33. The van der Waals surface area contributed by atoms with Crippen molar-refractivity contribution >= 4 is 17.5 Å². The fraction of sp³-hybridized carbons (Fsp3) is 0.556. The van der Waals surface area contributed by atoms with Crippen LogP contribution in [0.5, 0.6) is 5.75 Å². The summed E-state index contributed by atoms with van der Waals surface area (Å²) in [5, 5.41) is 0. The summed E-state index contributed by atoms with van der Waals surface area (Å²) in [6.07, 6.45) is 3.22. The second-order valence-electron chi connectivity index (χ2n) is 6.67. The van der Waals surface area contributed by atoms with E-state index in [1.165, 1.54) is 0 Å². The van der Waals surface area contributed by atoms with Crippen LogP contribution < -0.4 is 9.64 Å². The molecule has 5 nitrogen and oxygen atoms in total. The van der Waals surface area contributed by atoms with E-state index in [1.807, 2.05) is 30.0 Å². The minimum Gasteiger partial charge on any atom is -0.482 e. The highest BCUT2D eigenvalue weighted by molar-refractivity contribution is 6.02. The van der Waals surface area contributed by atoms with Gasteiger partial charge in [0.2, 0.25) is 5.91 Å². The Bertz CT molecular complexity index is 619. The van der Waals surface area contributed by atoms with Gasteiger partial charge in [-0.3, -0.25) is 14.5 Å². The zero-order valence-electron chi connectivity index (χ0n) is 14.0. The van der Waals surface area contributed by atoms with Gasteiger partial charge < -0.3 is 9.64 Å². The first-order chi connectivity index (χ1) is 11.0. The van der Waals surface area contributed by atoms with Gasteiger partial charge in [-0.25, -0.2) is 0 Å². The Balaban J connectivity index is 1.83. The van der Waals surface area contributed by atoms with E-state index < -0.39 is 0 Å². The number of aryl methyl sites for hydroxylation is 1. The van der Waals surface area contributed by atoms with E-state index in [0.717, 1.165) is 24.8 Å². The Morgan fingerprint density at radius 3 is 2.65 bits per heavy atom. The molecule has 1 aromatic rings. The zero-order valence-corrected chi connectivity index (χ0v) is 14.0.